The third-order valence-electron chi connectivity index (χ3n) is 4.00. The van der Waals surface area contributed by atoms with E-state index < -0.39 is 0 Å². The molecule has 0 aliphatic carbocycles. The molecule has 0 spiro atoms. The fraction of sp³-hybridized carbons (Fsp3) is 0.200. The van der Waals surface area contributed by atoms with Gasteiger partial charge in [-0.2, -0.15) is 0 Å². The Hall–Kier alpha value is -2.88. The molecule has 0 saturated carbocycles. The molecule has 24 heavy (non-hydrogen) atoms. The van der Waals surface area contributed by atoms with Crippen molar-refractivity contribution >= 4 is 16.5 Å². The second-order valence-corrected chi connectivity index (χ2v) is 5.41. The van der Waals surface area contributed by atoms with Crippen molar-refractivity contribution in [2.45, 2.75) is 6.54 Å². The maximum Gasteiger partial charge on any atom is 0.203 e. The molecule has 0 amide bonds. The summed E-state index contributed by atoms with van der Waals surface area (Å²) in [6.07, 6.45) is 0. The molecule has 3 aromatic carbocycles. The maximum absolute atomic E-state index is 5.41. The highest BCUT2D eigenvalue weighted by atomic mass is 16.5. The molecular weight excluding hydrogens is 302 g/mol. The lowest BCUT2D eigenvalue weighted by atomic mass is 10.1. The largest absolute Gasteiger partial charge is 0.493 e. The van der Waals surface area contributed by atoms with Gasteiger partial charge in [0, 0.05) is 17.6 Å². The molecule has 0 saturated heterocycles. The lowest BCUT2D eigenvalue weighted by Gasteiger charge is -2.15. The van der Waals surface area contributed by atoms with Crippen LogP contribution < -0.4 is 19.5 Å². The minimum atomic E-state index is 0.605. The summed E-state index contributed by atoms with van der Waals surface area (Å²) in [7, 11) is 4.85. The van der Waals surface area contributed by atoms with Crippen LogP contribution in [0.15, 0.2) is 54.6 Å². The molecule has 0 atom stereocenters. The summed E-state index contributed by atoms with van der Waals surface area (Å²) in [4.78, 5) is 0. The monoisotopic (exact) mass is 323 g/mol. The average molecular weight is 323 g/mol. The first-order chi connectivity index (χ1) is 11.8. The van der Waals surface area contributed by atoms with Gasteiger partial charge in [-0.05, 0) is 29.1 Å². The Morgan fingerprint density at radius 1 is 0.792 bits per heavy atom. The van der Waals surface area contributed by atoms with E-state index in [-0.39, 0.29) is 0 Å². The minimum Gasteiger partial charge on any atom is -0.493 e. The van der Waals surface area contributed by atoms with E-state index >= 15 is 0 Å². The Morgan fingerprint density at radius 3 is 2.12 bits per heavy atom. The number of rotatable bonds is 6. The molecule has 3 rings (SSSR count). The number of anilines is 1. The summed E-state index contributed by atoms with van der Waals surface area (Å²) in [6.45, 7) is 0.657. The van der Waals surface area contributed by atoms with Crippen molar-refractivity contribution in [1.82, 2.24) is 0 Å². The smallest absolute Gasteiger partial charge is 0.203 e. The number of methoxy groups -OCH3 is 3. The van der Waals surface area contributed by atoms with Gasteiger partial charge < -0.3 is 19.5 Å². The highest BCUT2D eigenvalue weighted by Crippen LogP contribution is 2.38. The van der Waals surface area contributed by atoms with Gasteiger partial charge in [0.25, 0.3) is 0 Å². The molecule has 0 aliphatic heterocycles. The van der Waals surface area contributed by atoms with Crippen molar-refractivity contribution in [3.05, 3.63) is 60.2 Å². The molecule has 1 N–H and O–H groups in total. The van der Waals surface area contributed by atoms with Gasteiger partial charge in [0.15, 0.2) is 11.5 Å². The zero-order chi connectivity index (χ0) is 16.9. The number of hydrogen-bond acceptors (Lipinski definition) is 4. The molecule has 4 nitrogen and oxygen atoms in total. The first-order valence-corrected chi connectivity index (χ1v) is 7.77. The zero-order valence-electron chi connectivity index (χ0n) is 14.1. The summed E-state index contributed by atoms with van der Waals surface area (Å²) in [6, 6.07) is 18.5. The van der Waals surface area contributed by atoms with E-state index in [9.17, 15) is 0 Å². The molecule has 0 aromatic heterocycles. The van der Waals surface area contributed by atoms with Crippen LogP contribution in [0.4, 0.5) is 5.69 Å². The van der Waals surface area contributed by atoms with E-state index in [1.165, 1.54) is 10.8 Å². The van der Waals surface area contributed by atoms with Gasteiger partial charge in [0.1, 0.15) is 0 Å². The molecular formula is C20H21NO3. The Bertz CT molecular complexity index is 815. The lowest BCUT2D eigenvalue weighted by molar-refractivity contribution is 0.324. The summed E-state index contributed by atoms with van der Waals surface area (Å²) in [5.74, 6) is 1.92. The van der Waals surface area contributed by atoms with E-state index in [2.05, 4.69) is 35.6 Å². The average Bonchev–Trinajstić information content (AvgIpc) is 2.65. The predicted octanol–water partition coefficient (Wildman–Crippen LogP) is 4.48. The Morgan fingerprint density at radius 2 is 1.46 bits per heavy atom. The van der Waals surface area contributed by atoms with E-state index in [0.717, 1.165) is 11.3 Å². The Kier molecular flexibility index (Phi) is 4.75. The number of hydrogen-bond donors (Lipinski definition) is 1. The molecule has 0 aliphatic rings. The molecule has 0 bridgehead atoms. The van der Waals surface area contributed by atoms with Crippen molar-refractivity contribution in [2.24, 2.45) is 0 Å². The minimum absolute atomic E-state index is 0.605. The van der Waals surface area contributed by atoms with Gasteiger partial charge in [-0.15, -0.1) is 0 Å². The molecule has 124 valence electrons. The molecule has 3 aromatic rings. The van der Waals surface area contributed by atoms with Crippen LogP contribution in [0, 0.1) is 0 Å². The van der Waals surface area contributed by atoms with Crippen LogP contribution in [0.1, 0.15) is 5.56 Å². The second-order valence-electron chi connectivity index (χ2n) is 5.41. The summed E-state index contributed by atoms with van der Waals surface area (Å²) in [5.41, 5.74) is 2.15. The van der Waals surface area contributed by atoms with Crippen LogP contribution in [0.2, 0.25) is 0 Å². The predicted molar refractivity (Wildman–Crippen MR) is 97.4 cm³/mol. The van der Waals surface area contributed by atoms with Crippen LogP contribution in [0.5, 0.6) is 17.2 Å². The van der Waals surface area contributed by atoms with E-state index in [0.29, 0.717) is 23.8 Å². The third-order valence-corrected chi connectivity index (χ3v) is 4.00. The van der Waals surface area contributed by atoms with Gasteiger partial charge >= 0.3 is 0 Å². The van der Waals surface area contributed by atoms with E-state index in [1.54, 1.807) is 21.3 Å². The zero-order valence-corrected chi connectivity index (χ0v) is 14.1. The van der Waals surface area contributed by atoms with Crippen molar-refractivity contribution < 1.29 is 14.2 Å². The highest BCUT2D eigenvalue weighted by Gasteiger charge is 2.13. The van der Waals surface area contributed by atoms with Crippen molar-refractivity contribution in [3.63, 3.8) is 0 Å². The fourth-order valence-corrected chi connectivity index (χ4v) is 2.81. The van der Waals surface area contributed by atoms with Crippen LogP contribution in [0.25, 0.3) is 10.8 Å². The quantitative estimate of drug-likeness (QED) is 0.726. The third kappa shape index (κ3) is 3.08. The Balaban J connectivity index is 1.88. The number of benzene rings is 3. The van der Waals surface area contributed by atoms with E-state index in [1.807, 2.05) is 24.3 Å². The molecule has 0 heterocycles. The van der Waals surface area contributed by atoms with Gasteiger partial charge in [0.05, 0.1) is 21.3 Å². The van der Waals surface area contributed by atoms with Gasteiger partial charge in [0.2, 0.25) is 5.75 Å². The standard InChI is InChI=1S/C20H21NO3/c1-22-18-11-14(12-19(23-2)20(18)24-3)13-21-17-10-6-8-15-7-4-5-9-16(15)17/h4-12,21H,13H2,1-3H3. The fourth-order valence-electron chi connectivity index (χ4n) is 2.81. The van der Waals surface area contributed by atoms with Crippen molar-refractivity contribution in [1.29, 1.82) is 0 Å². The topological polar surface area (TPSA) is 39.7 Å². The van der Waals surface area contributed by atoms with Crippen molar-refractivity contribution in [3.8, 4) is 17.2 Å². The van der Waals surface area contributed by atoms with Gasteiger partial charge in [-0.1, -0.05) is 36.4 Å². The molecule has 4 heteroatoms. The summed E-state index contributed by atoms with van der Waals surface area (Å²) >= 11 is 0. The van der Waals surface area contributed by atoms with E-state index in [4.69, 9.17) is 14.2 Å². The highest BCUT2D eigenvalue weighted by molar-refractivity contribution is 5.93. The molecule has 0 fully saturated rings. The van der Waals surface area contributed by atoms with Crippen molar-refractivity contribution in [2.75, 3.05) is 26.6 Å². The van der Waals surface area contributed by atoms with Crippen LogP contribution >= 0.6 is 0 Å². The normalized spacial score (nSPS) is 10.5. The SMILES string of the molecule is COc1cc(CNc2cccc3ccccc23)cc(OC)c1OC. The lowest BCUT2D eigenvalue weighted by Crippen LogP contribution is -2.02. The van der Waals surface area contributed by atoms with Crippen LogP contribution in [-0.2, 0) is 6.54 Å². The first kappa shape index (κ1) is 16.0. The first-order valence-electron chi connectivity index (χ1n) is 7.77. The van der Waals surface area contributed by atoms with Crippen LogP contribution in [-0.4, -0.2) is 21.3 Å². The summed E-state index contributed by atoms with van der Waals surface area (Å²) in [5, 5.41) is 5.91. The number of ether oxygens (including phenoxy) is 3. The number of fused-ring (bicyclic) bond motifs is 1. The molecule has 0 radical (unpaired) electrons. The molecule has 0 unspecified atom stereocenters. The van der Waals surface area contributed by atoms with Crippen LogP contribution in [0.3, 0.4) is 0 Å². The van der Waals surface area contributed by atoms with Gasteiger partial charge in [-0.3, -0.25) is 0 Å². The number of nitrogens with one attached hydrogen (secondary N) is 1. The Labute approximate surface area is 142 Å². The second kappa shape index (κ2) is 7.13. The summed E-state index contributed by atoms with van der Waals surface area (Å²) < 4.78 is 16.2. The van der Waals surface area contributed by atoms with Gasteiger partial charge in [-0.25, -0.2) is 0 Å². The maximum atomic E-state index is 5.41.